The molecule has 78 valence electrons. The fraction of sp³-hybridized carbons (Fsp3) is 0.182. The summed E-state index contributed by atoms with van der Waals surface area (Å²) < 4.78 is 2.79. The molecule has 0 saturated carbocycles. The summed E-state index contributed by atoms with van der Waals surface area (Å²) in [5, 5.41) is 0.757. The Bertz CT molecular complexity index is 527. The van der Waals surface area contributed by atoms with E-state index in [-0.39, 0.29) is 0 Å². The molecule has 0 bridgehead atoms. The largest absolute Gasteiger partial charge is 0.337 e. The minimum atomic E-state index is 0.743. The number of nitrogens with one attached hydrogen (secondary N) is 1. The van der Waals surface area contributed by atoms with Crippen LogP contribution in [0.4, 0.5) is 0 Å². The van der Waals surface area contributed by atoms with Crippen LogP contribution in [-0.4, -0.2) is 9.55 Å². The third kappa shape index (κ3) is 2.30. The van der Waals surface area contributed by atoms with Crippen LogP contribution >= 0.6 is 23.8 Å². The van der Waals surface area contributed by atoms with E-state index in [0.29, 0.717) is 0 Å². The zero-order valence-corrected chi connectivity index (χ0v) is 9.90. The van der Waals surface area contributed by atoms with E-state index in [4.69, 9.17) is 23.8 Å². The van der Waals surface area contributed by atoms with Gasteiger partial charge in [0.15, 0.2) is 4.77 Å². The number of imidazole rings is 1. The number of aromatic nitrogens is 2. The number of hydrogen-bond donors (Lipinski definition) is 1. The van der Waals surface area contributed by atoms with Crippen molar-refractivity contribution in [3.8, 4) is 0 Å². The average Bonchev–Trinajstić information content (AvgIpc) is 2.50. The fourth-order valence-corrected chi connectivity index (χ4v) is 1.98. The van der Waals surface area contributed by atoms with Crippen LogP contribution in [0.2, 0.25) is 5.02 Å². The summed E-state index contributed by atoms with van der Waals surface area (Å²) in [6, 6.07) is 7.81. The molecule has 0 atom stereocenters. The molecule has 1 heterocycles. The number of nitrogens with zero attached hydrogens (tertiary/aromatic N) is 1. The van der Waals surface area contributed by atoms with Gasteiger partial charge in [0.2, 0.25) is 0 Å². The zero-order chi connectivity index (χ0) is 10.8. The first-order valence-electron chi connectivity index (χ1n) is 4.66. The van der Waals surface area contributed by atoms with Crippen molar-refractivity contribution in [1.82, 2.24) is 9.55 Å². The van der Waals surface area contributed by atoms with Crippen molar-refractivity contribution in [2.75, 3.05) is 0 Å². The number of H-pyrrole nitrogens is 1. The van der Waals surface area contributed by atoms with Gasteiger partial charge in [-0.05, 0) is 36.8 Å². The molecular weight excluding hydrogens is 228 g/mol. The molecule has 0 aliphatic heterocycles. The average molecular weight is 239 g/mol. The van der Waals surface area contributed by atoms with Gasteiger partial charge in [-0.15, -0.1) is 0 Å². The third-order valence-corrected chi connectivity index (χ3v) is 2.88. The lowest BCUT2D eigenvalue weighted by molar-refractivity contribution is 0.758. The molecule has 0 unspecified atom stereocenters. The lowest BCUT2D eigenvalue weighted by Crippen LogP contribution is -2.01. The van der Waals surface area contributed by atoms with Gasteiger partial charge in [0.25, 0.3) is 0 Å². The van der Waals surface area contributed by atoms with Gasteiger partial charge in [-0.1, -0.05) is 23.7 Å². The highest BCUT2D eigenvalue weighted by Crippen LogP contribution is 2.13. The molecule has 1 aromatic carbocycles. The maximum absolute atomic E-state index is 5.92. The molecule has 0 spiro atoms. The number of hydrogen-bond acceptors (Lipinski definition) is 1. The quantitative estimate of drug-likeness (QED) is 0.794. The second-order valence-electron chi connectivity index (χ2n) is 3.45. The molecule has 0 saturated heterocycles. The van der Waals surface area contributed by atoms with E-state index in [1.54, 1.807) is 0 Å². The van der Waals surface area contributed by atoms with E-state index in [0.717, 1.165) is 27.6 Å². The number of halogens is 1. The first-order chi connectivity index (χ1) is 7.16. The highest BCUT2D eigenvalue weighted by Gasteiger charge is 2.00. The number of aromatic amines is 1. The molecular formula is C11H11ClN2S. The molecule has 0 fully saturated rings. The number of benzene rings is 1. The first kappa shape index (κ1) is 10.5. The summed E-state index contributed by atoms with van der Waals surface area (Å²) in [5.74, 6) is 0. The Morgan fingerprint density at radius 2 is 2.27 bits per heavy atom. The van der Waals surface area contributed by atoms with E-state index < -0.39 is 0 Å². The molecule has 2 rings (SSSR count). The molecule has 2 aromatic rings. The first-order valence-corrected chi connectivity index (χ1v) is 5.45. The van der Waals surface area contributed by atoms with Gasteiger partial charge in [-0.2, -0.15) is 0 Å². The maximum Gasteiger partial charge on any atom is 0.177 e. The lowest BCUT2D eigenvalue weighted by Gasteiger charge is -2.05. The van der Waals surface area contributed by atoms with Crippen molar-refractivity contribution < 1.29 is 0 Å². The second kappa shape index (κ2) is 4.21. The summed E-state index contributed by atoms with van der Waals surface area (Å²) in [7, 11) is 0. The lowest BCUT2D eigenvalue weighted by atomic mass is 10.2. The van der Waals surface area contributed by atoms with Crippen LogP contribution in [-0.2, 0) is 6.54 Å². The second-order valence-corrected chi connectivity index (χ2v) is 4.27. The molecule has 0 radical (unpaired) electrons. The van der Waals surface area contributed by atoms with Gasteiger partial charge < -0.3 is 9.55 Å². The predicted octanol–water partition coefficient (Wildman–Crippen LogP) is 3.56. The van der Waals surface area contributed by atoms with Crippen LogP contribution in [0, 0.1) is 11.7 Å². The van der Waals surface area contributed by atoms with Crippen molar-refractivity contribution in [3.05, 3.63) is 51.5 Å². The summed E-state index contributed by atoms with van der Waals surface area (Å²) in [4.78, 5) is 3.02. The van der Waals surface area contributed by atoms with Crippen molar-refractivity contribution in [3.63, 3.8) is 0 Å². The predicted molar refractivity (Wildman–Crippen MR) is 64.9 cm³/mol. The smallest absolute Gasteiger partial charge is 0.177 e. The molecule has 4 heteroatoms. The molecule has 0 aliphatic rings. The topological polar surface area (TPSA) is 20.7 Å². The Hall–Kier alpha value is -1.06. The van der Waals surface area contributed by atoms with E-state index in [9.17, 15) is 0 Å². The zero-order valence-electron chi connectivity index (χ0n) is 8.33. The van der Waals surface area contributed by atoms with E-state index >= 15 is 0 Å². The van der Waals surface area contributed by atoms with Gasteiger partial charge in [0.05, 0.1) is 6.54 Å². The van der Waals surface area contributed by atoms with Crippen molar-refractivity contribution in [1.29, 1.82) is 0 Å². The molecule has 1 N–H and O–H groups in total. The van der Waals surface area contributed by atoms with E-state index in [1.807, 2.05) is 42.0 Å². The van der Waals surface area contributed by atoms with Crippen LogP contribution in [0.25, 0.3) is 0 Å². The normalized spacial score (nSPS) is 10.5. The van der Waals surface area contributed by atoms with Gasteiger partial charge in [0, 0.05) is 16.9 Å². The van der Waals surface area contributed by atoms with Gasteiger partial charge in [-0.3, -0.25) is 0 Å². The highest BCUT2D eigenvalue weighted by atomic mass is 35.5. The Morgan fingerprint density at radius 3 is 2.87 bits per heavy atom. The van der Waals surface area contributed by atoms with Crippen LogP contribution < -0.4 is 0 Å². The summed E-state index contributed by atoms with van der Waals surface area (Å²) in [5.41, 5.74) is 2.28. The minimum Gasteiger partial charge on any atom is -0.337 e. The minimum absolute atomic E-state index is 0.743. The fourth-order valence-electron chi connectivity index (χ4n) is 1.50. The Balaban J connectivity index is 2.33. The summed E-state index contributed by atoms with van der Waals surface area (Å²) in [6.45, 7) is 2.78. The maximum atomic E-state index is 5.92. The van der Waals surface area contributed by atoms with E-state index in [1.165, 1.54) is 0 Å². The van der Waals surface area contributed by atoms with Crippen LogP contribution in [0.3, 0.4) is 0 Å². The Morgan fingerprint density at radius 1 is 1.47 bits per heavy atom. The third-order valence-electron chi connectivity index (χ3n) is 2.31. The monoisotopic (exact) mass is 238 g/mol. The van der Waals surface area contributed by atoms with Crippen LogP contribution in [0.1, 0.15) is 11.3 Å². The van der Waals surface area contributed by atoms with Crippen molar-refractivity contribution in [2.24, 2.45) is 0 Å². The highest BCUT2D eigenvalue weighted by molar-refractivity contribution is 7.71. The molecule has 0 aliphatic carbocycles. The molecule has 15 heavy (non-hydrogen) atoms. The van der Waals surface area contributed by atoms with E-state index in [2.05, 4.69) is 4.98 Å². The summed E-state index contributed by atoms with van der Waals surface area (Å²) in [6.07, 6.45) is 1.91. The van der Waals surface area contributed by atoms with Gasteiger partial charge in [0.1, 0.15) is 0 Å². The van der Waals surface area contributed by atoms with Crippen molar-refractivity contribution >= 4 is 23.8 Å². The standard InChI is InChI=1S/C11H11ClN2S/c1-8-6-13-11(15)14(8)7-9-3-2-4-10(12)5-9/h2-6H,7H2,1H3,(H,13,15). The number of rotatable bonds is 2. The van der Waals surface area contributed by atoms with Gasteiger partial charge >= 0.3 is 0 Å². The number of aryl methyl sites for hydroxylation is 1. The van der Waals surface area contributed by atoms with Crippen molar-refractivity contribution in [2.45, 2.75) is 13.5 Å². The molecule has 0 amide bonds. The molecule has 1 aromatic heterocycles. The van der Waals surface area contributed by atoms with Gasteiger partial charge in [-0.25, -0.2) is 0 Å². The Kier molecular flexibility index (Phi) is 2.93. The summed E-state index contributed by atoms with van der Waals surface area (Å²) >= 11 is 11.1. The Labute approximate surface area is 98.5 Å². The van der Waals surface area contributed by atoms with Crippen LogP contribution in [0.5, 0.6) is 0 Å². The SMILES string of the molecule is Cc1c[nH]c(=S)n1Cc1cccc(Cl)c1. The molecule has 2 nitrogen and oxygen atoms in total. The van der Waals surface area contributed by atoms with Crippen LogP contribution in [0.15, 0.2) is 30.5 Å².